The van der Waals surface area contributed by atoms with Gasteiger partial charge in [-0.05, 0) is 37.6 Å². The summed E-state index contributed by atoms with van der Waals surface area (Å²) in [4.78, 5) is 26.6. The van der Waals surface area contributed by atoms with Gasteiger partial charge >= 0.3 is 12.1 Å². The lowest BCUT2D eigenvalue weighted by molar-refractivity contribution is -0.140. The molecular formula is C26H24ClF3N6O3. The van der Waals surface area contributed by atoms with Crippen molar-refractivity contribution in [2.24, 2.45) is 11.8 Å². The second-order valence-electron chi connectivity index (χ2n) is 10.1. The van der Waals surface area contributed by atoms with Crippen molar-refractivity contribution >= 4 is 45.8 Å². The molecule has 0 saturated carbocycles. The number of aromatic nitrogens is 4. The zero-order valence-corrected chi connectivity index (χ0v) is 21.7. The summed E-state index contributed by atoms with van der Waals surface area (Å²) in [7, 11) is 0. The van der Waals surface area contributed by atoms with Crippen LogP contribution in [0.2, 0.25) is 5.15 Å². The number of imidazole rings is 1. The van der Waals surface area contributed by atoms with E-state index in [1.54, 1.807) is 6.07 Å². The van der Waals surface area contributed by atoms with Crippen LogP contribution < -0.4 is 10.2 Å². The number of aromatic carboxylic acids is 1. The summed E-state index contributed by atoms with van der Waals surface area (Å²) in [5, 5.41) is 13.3. The largest absolute Gasteiger partial charge is 0.476 e. The first-order chi connectivity index (χ1) is 18.5. The van der Waals surface area contributed by atoms with E-state index in [0.717, 1.165) is 11.8 Å². The summed E-state index contributed by atoms with van der Waals surface area (Å²) < 4.78 is 48.4. The Morgan fingerprint density at radius 1 is 1.18 bits per heavy atom. The van der Waals surface area contributed by atoms with E-state index in [4.69, 9.17) is 21.3 Å². The number of alkyl halides is 3. The fourth-order valence-electron chi connectivity index (χ4n) is 5.54. The number of nitrogens with one attached hydrogen (secondary N) is 1. The van der Waals surface area contributed by atoms with Crippen molar-refractivity contribution in [3.05, 3.63) is 58.1 Å². The van der Waals surface area contributed by atoms with E-state index in [9.17, 15) is 23.1 Å². The van der Waals surface area contributed by atoms with E-state index >= 15 is 0 Å². The van der Waals surface area contributed by atoms with Crippen molar-refractivity contribution in [2.45, 2.75) is 26.1 Å². The zero-order chi connectivity index (χ0) is 27.6. The first kappa shape index (κ1) is 25.6. The highest BCUT2D eigenvalue weighted by atomic mass is 35.5. The number of hydrogen-bond donors (Lipinski definition) is 2. The molecule has 5 heterocycles. The molecule has 1 aromatic carbocycles. The SMILES string of the molecule is Cc1cc([C@@H](C)Nc2ccc(Cl)nc2C(=O)O)c2nc(N3CC4COCC4C3)n3cc(C(F)(F)F)nc3c2c1. The Kier molecular flexibility index (Phi) is 6.07. The quantitative estimate of drug-likeness (QED) is 0.321. The normalized spacial score (nSPS) is 20.1. The van der Waals surface area contributed by atoms with E-state index in [1.807, 2.05) is 24.8 Å². The average molecular weight is 561 g/mol. The van der Waals surface area contributed by atoms with Crippen molar-refractivity contribution < 1.29 is 27.8 Å². The Morgan fingerprint density at radius 3 is 2.56 bits per heavy atom. The monoisotopic (exact) mass is 560 g/mol. The van der Waals surface area contributed by atoms with Gasteiger partial charge in [0.15, 0.2) is 11.4 Å². The number of fused-ring (bicyclic) bond motifs is 4. The van der Waals surface area contributed by atoms with Crippen LogP contribution in [0.3, 0.4) is 0 Å². The Balaban J connectivity index is 1.52. The maximum absolute atomic E-state index is 13.8. The molecule has 39 heavy (non-hydrogen) atoms. The number of carboxylic acid groups (broad SMARTS) is 1. The molecule has 2 N–H and O–H groups in total. The summed E-state index contributed by atoms with van der Waals surface area (Å²) in [6.45, 7) is 6.12. The number of carbonyl (C=O) groups is 1. The molecule has 3 atom stereocenters. The maximum atomic E-state index is 13.8. The van der Waals surface area contributed by atoms with Crippen LogP contribution in [0.5, 0.6) is 0 Å². The average Bonchev–Trinajstić information content (AvgIpc) is 3.59. The van der Waals surface area contributed by atoms with Gasteiger partial charge in [-0.15, -0.1) is 0 Å². The van der Waals surface area contributed by atoms with Crippen LogP contribution in [-0.2, 0) is 10.9 Å². The number of pyridine rings is 1. The lowest BCUT2D eigenvalue weighted by Gasteiger charge is -2.23. The minimum absolute atomic E-state index is 0.0425. The molecular weight excluding hydrogens is 537 g/mol. The van der Waals surface area contributed by atoms with Gasteiger partial charge in [-0.2, -0.15) is 13.2 Å². The van der Waals surface area contributed by atoms with E-state index < -0.39 is 23.9 Å². The first-order valence-electron chi connectivity index (χ1n) is 12.4. The number of carboxylic acids is 1. The van der Waals surface area contributed by atoms with Gasteiger partial charge in [0.25, 0.3) is 0 Å². The first-order valence-corrected chi connectivity index (χ1v) is 12.8. The number of anilines is 2. The standard InChI is InChI=1S/C26H24ClF3N6O3/c1-12-5-16(13(2)31-18-3-4-20(27)33-22(18)24(37)38)21-17(6-12)23-32-19(26(28,29)30)9-36(23)25(34-21)35-7-14-10-39-11-15(14)8-35/h3-6,9,13-15,31H,7-8,10-11H2,1-2H3,(H,37,38)/t13-,14?,15?/m1/s1. The predicted molar refractivity (Wildman–Crippen MR) is 138 cm³/mol. The van der Waals surface area contributed by atoms with Crippen LogP contribution in [0.15, 0.2) is 30.5 Å². The van der Waals surface area contributed by atoms with Crippen molar-refractivity contribution in [2.75, 3.05) is 36.5 Å². The van der Waals surface area contributed by atoms with Gasteiger partial charge in [-0.25, -0.2) is 19.7 Å². The lowest BCUT2D eigenvalue weighted by Crippen LogP contribution is -2.26. The summed E-state index contributed by atoms with van der Waals surface area (Å²) in [5.74, 6) is -0.295. The highest BCUT2D eigenvalue weighted by Gasteiger charge is 2.40. The Hall–Kier alpha value is -3.64. The molecule has 4 aromatic rings. The van der Waals surface area contributed by atoms with Crippen molar-refractivity contribution in [3.8, 4) is 0 Å². The molecule has 2 aliphatic rings. The molecule has 6 rings (SSSR count). The molecule has 0 amide bonds. The van der Waals surface area contributed by atoms with E-state index in [-0.39, 0.29) is 34.0 Å². The van der Waals surface area contributed by atoms with Crippen molar-refractivity contribution in [1.82, 2.24) is 19.4 Å². The fraction of sp³-hybridized carbons (Fsp3) is 0.385. The minimum atomic E-state index is -4.62. The molecule has 0 spiro atoms. The van der Waals surface area contributed by atoms with Gasteiger partial charge in [-0.1, -0.05) is 17.7 Å². The third kappa shape index (κ3) is 4.51. The van der Waals surface area contributed by atoms with E-state index in [0.29, 0.717) is 48.7 Å². The summed E-state index contributed by atoms with van der Waals surface area (Å²) >= 11 is 5.90. The molecule has 2 unspecified atom stereocenters. The summed E-state index contributed by atoms with van der Waals surface area (Å²) in [6, 6.07) is 6.18. The van der Waals surface area contributed by atoms with Crippen LogP contribution in [0.25, 0.3) is 16.6 Å². The molecule has 204 valence electrons. The number of rotatable bonds is 5. The van der Waals surface area contributed by atoms with Crippen LogP contribution in [0, 0.1) is 18.8 Å². The smallest absolute Gasteiger partial charge is 0.434 e. The van der Waals surface area contributed by atoms with Gasteiger partial charge in [0.1, 0.15) is 10.8 Å². The lowest BCUT2D eigenvalue weighted by atomic mass is 10.0. The van der Waals surface area contributed by atoms with Crippen molar-refractivity contribution in [3.63, 3.8) is 0 Å². The second-order valence-corrected chi connectivity index (χ2v) is 10.5. The van der Waals surface area contributed by atoms with Gasteiger partial charge in [0, 0.05) is 42.1 Å². The van der Waals surface area contributed by atoms with Gasteiger partial charge in [0.2, 0.25) is 5.95 Å². The van der Waals surface area contributed by atoms with Gasteiger partial charge < -0.3 is 20.1 Å². The second kappa shape index (κ2) is 9.23. The van der Waals surface area contributed by atoms with E-state index in [2.05, 4.69) is 15.3 Å². The van der Waals surface area contributed by atoms with Gasteiger partial charge in [-0.3, -0.25) is 4.40 Å². The number of ether oxygens (including phenoxy) is 1. The number of benzene rings is 1. The van der Waals surface area contributed by atoms with Crippen molar-refractivity contribution in [1.29, 1.82) is 0 Å². The molecule has 2 fully saturated rings. The zero-order valence-electron chi connectivity index (χ0n) is 21.0. The predicted octanol–water partition coefficient (Wildman–Crippen LogP) is 5.21. The van der Waals surface area contributed by atoms with Crippen LogP contribution >= 0.6 is 11.6 Å². The molecule has 3 aromatic heterocycles. The third-order valence-corrected chi connectivity index (χ3v) is 7.58. The van der Waals surface area contributed by atoms with Crippen LogP contribution in [0.4, 0.5) is 24.8 Å². The highest BCUT2D eigenvalue weighted by Crippen LogP contribution is 2.38. The molecule has 9 nitrogen and oxygen atoms in total. The molecule has 0 radical (unpaired) electrons. The van der Waals surface area contributed by atoms with Crippen LogP contribution in [-0.4, -0.2) is 56.7 Å². The molecule has 2 aliphatic heterocycles. The third-order valence-electron chi connectivity index (χ3n) is 7.37. The number of aryl methyl sites for hydroxylation is 1. The fourth-order valence-corrected chi connectivity index (χ4v) is 5.69. The van der Waals surface area contributed by atoms with E-state index in [1.165, 1.54) is 16.5 Å². The molecule has 2 saturated heterocycles. The number of hydrogen-bond acceptors (Lipinski definition) is 7. The number of nitrogens with zero attached hydrogens (tertiary/aromatic N) is 5. The molecule has 0 bridgehead atoms. The van der Waals surface area contributed by atoms with Crippen LogP contribution in [0.1, 0.15) is 40.3 Å². The summed E-state index contributed by atoms with van der Waals surface area (Å²) in [5.41, 5.74) is 1.13. The Morgan fingerprint density at radius 2 is 1.90 bits per heavy atom. The number of halogens is 4. The Labute approximate surface area is 225 Å². The molecule has 13 heteroatoms. The summed E-state index contributed by atoms with van der Waals surface area (Å²) in [6.07, 6.45) is -3.62. The molecule has 0 aliphatic carbocycles. The topological polar surface area (TPSA) is 105 Å². The highest BCUT2D eigenvalue weighted by molar-refractivity contribution is 6.29. The Bertz CT molecular complexity index is 1610. The minimum Gasteiger partial charge on any atom is -0.476 e. The maximum Gasteiger partial charge on any atom is 0.434 e. The van der Waals surface area contributed by atoms with Gasteiger partial charge in [0.05, 0.1) is 30.5 Å².